The highest BCUT2D eigenvalue weighted by Gasteiger charge is 2.21. The van der Waals surface area contributed by atoms with E-state index in [4.69, 9.17) is 0 Å². The maximum atomic E-state index is 11.1. The Balaban J connectivity index is 1.91. The molecule has 0 radical (unpaired) electrons. The Hall–Kier alpha value is -2.28. The van der Waals surface area contributed by atoms with Gasteiger partial charge in [0.1, 0.15) is 0 Å². The number of nitrogens with one attached hydrogen (secondary N) is 1. The van der Waals surface area contributed by atoms with Gasteiger partial charge in [-0.15, -0.1) is 5.10 Å². The lowest BCUT2D eigenvalue weighted by Gasteiger charge is -2.09. The van der Waals surface area contributed by atoms with Crippen LogP contribution in [0.2, 0.25) is 0 Å². The molecule has 1 fully saturated rings. The largest absolute Gasteiger partial charge is 0.308 e. The molecule has 0 unspecified atom stereocenters. The number of hydrogen-bond acceptors (Lipinski definition) is 5. The first-order valence-electron chi connectivity index (χ1n) is 6.96. The Morgan fingerprint density at radius 2 is 2.19 bits per heavy atom. The van der Waals surface area contributed by atoms with Crippen LogP contribution in [0.4, 0.5) is 5.69 Å². The van der Waals surface area contributed by atoms with E-state index in [1.807, 2.05) is 13.1 Å². The van der Waals surface area contributed by atoms with Crippen LogP contribution in [-0.4, -0.2) is 26.0 Å². The monoisotopic (exact) mass is 287 g/mol. The van der Waals surface area contributed by atoms with Crippen LogP contribution in [-0.2, 0) is 6.54 Å². The Bertz CT molecular complexity index is 691. The van der Waals surface area contributed by atoms with Gasteiger partial charge in [-0.25, -0.2) is 4.68 Å². The molecule has 0 spiro atoms. The van der Waals surface area contributed by atoms with Crippen molar-refractivity contribution in [1.82, 2.24) is 20.3 Å². The summed E-state index contributed by atoms with van der Waals surface area (Å²) in [6, 6.07) is 3.88. The summed E-state index contributed by atoms with van der Waals surface area (Å²) in [6.07, 6.45) is 4.27. The molecule has 0 bridgehead atoms. The molecule has 21 heavy (non-hydrogen) atoms. The first-order chi connectivity index (χ1) is 10.1. The third kappa shape index (κ3) is 2.78. The van der Waals surface area contributed by atoms with Gasteiger partial charge in [-0.2, -0.15) is 0 Å². The fraction of sp³-hybridized carbons (Fsp3) is 0.429. The van der Waals surface area contributed by atoms with E-state index in [-0.39, 0.29) is 10.6 Å². The van der Waals surface area contributed by atoms with Gasteiger partial charge in [0, 0.05) is 18.7 Å². The molecular weight excluding hydrogens is 270 g/mol. The van der Waals surface area contributed by atoms with E-state index >= 15 is 0 Å². The van der Waals surface area contributed by atoms with Gasteiger partial charge in [0.2, 0.25) is 0 Å². The molecule has 1 heterocycles. The average molecular weight is 287 g/mol. The first kappa shape index (κ1) is 13.7. The van der Waals surface area contributed by atoms with Gasteiger partial charge in [0.05, 0.1) is 28.1 Å². The molecule has 1 saturated carbocycles. The number of nitrogens with zero attached hydrogens (tertiary/aromatic N) is 4. The van der Waals surface area contributed by atoms with E-state index in [2.05, 4.69) is 15.6 Å². The number of aromatic nitrogens is 3. The van der Waals surface area contributed by atoms with Crippen molar-refractivity contribution in [3.05, 3.63) is 45.3 Å². The van der Waals surface area contributed by atoms with E-state index in [1.165, 1.54) is 18.9 Å². The summed E-state index contributed by atoms with van der Waals surface area (Å²) in [5.41, 5.74) is 3.21. The number of nitro benzene ring substituents is 1. The van der Waals surface area contributed by atoms with Gasteiger partial charge in [-0.3, -0.25) is 10.1 Å². The van der Waals surface area contributed by atoms with Gasteiger partial charge in [-0.05, 0) is 32.3 Å². The lowest BCUT2D eigenvalue weighted by molar-refractivity contribution is -0.385. The molecule has 1 aliphatic rings. The second-order valence-electron chi connectivity index (χ2n) is 5.44. The highest BCUT2D eigenvalue weighted by atomic mass is 16.6. The maximum Gasteiger partial charge on any atom is 0.274 e. The quantitative estimate of drug-likeness (QED) is 0.672. The van der Waals surface area contributed by atoms with Crippen molar-refractivity contribution in [2.45, 2.75) is 39.3 Å². The summed E-state index contributed by atoms with van der Waals surface area (Å²) >= 11 is 0. The van der Waals surface area contributed by atoms with E-state index in [1.54, 1.807) is 17.7 Å². The zero-order chi connectivity index (χ0) is 15.0. The smallest absolute Gasteiger partial charge is 0.274 e. The van der Waals surface area contributed by atoms with Crippen molar-refractivity contribution in [3.8, 4) is 5.69 Å². The van der Waals surface area contributed by atoms with Crippen LogP contribution in [0.3, 0.4) is 0 Å². The van der Waals surface area contributed by atoms with Crippen LogP contribution in [0.15, 0.2) is 18.3 Å². The standard InChI is InChI=1S/C14H17N5O2/c1-9-3-6-13(19(20)21)10(2)14(9)18-8-12(16-17-18)7-15-11-4-5-11/h3,6,8,11,15H,4-5,7H2,1-2H3. The summed E-state index contributed by atoms with van der Waals surface area (Å²) in [6.45, 7) is 4.33. The zero-order valence-corrected chi connectivity index (χ0v) is 12.0. The fourth-order valence-electron chi connectivity index (χ4n) is 2.40. The van der Waals surface area contributed by atoms with Gasteiger partial charge in [-0.1, -0.05) is 11.3 Å². The van der Waals surface area contributed by atoms with E-state index < -0.39 is 0 Å². The molecule has 0 aliphatic heterocycles. The molecule has 1 aromatic heterocycles. The number of nitro groups is 1. The number of hydrogen-bond donors (Lipinski definition) is 1. The van der Waals surface area contributed by atoms with Crippen LogP contribution in [0.25, 0.3) is 5.69 Å². The predicted octanol–water partition coefficient (Wildman–Crippen LogP) is 2.04. The Kier molecular flexibility index (Phi) is 3.42. The van der Waals surface area contributed by atoms with Crippen molar-refractivity contribution < 1.29 is 4.92 Å². The minimum absolute atomic E-state index is 0.101. The fourth-order valence-corrected chi connectivity index (χ4v) is 2.40. The number of aryl methyl sites for hydroxylation is 1. The molecule has 1 aromatic carbocycles. The van der Waals surface area contributed by atoms with Crippen LogP contribution < -0.4 is 5.32 Å². The van der Waals surface area contributed by atoms with Crippen molar-refractivity contribution in [2.75, 3.05) is 0 Å². The highest BCUT2D eigenvalue weighted by Crippen LogP contribution is 2.27. The minimum atomic E-state index is -0.370. The molecule has 0 atom stereocenters. The van der Waals surface area contributed by atoms with Gasteiger partial charge >= 0.3 is 0 Å². The lowest BCUT2D eigenvalue weighted by Crippen LogP contribution is -2.15. The van der Waals surface area contributed by atoms with Crippen LogP contribution in [0.1, 0.15) is 29.7 Å². The molecule has 7 nitrogen and oxygen atoms in total. The molecule has 110 valence electrons. The molecular formula is C14H17N5O2. The second kappa shape index (κ2) is 5.25. The predicted molar refractivity (Wildman–Crippen MR) is 77.3 cm³/mol. The van der Waals surface area contributed by atoms with Crippen molar-refractivity contribution >= 4 is 5.69 Å². The summed E-state index contributed by atoms with van der Waals surface area (Å²) in [4.78, 5) is 10.7. The van der Waals surface area contributed by atoms with E-state index in [0.29, 0.717) is 18.2 Å². The van der Waals surface area contributed by atoms with Crippen molar-refractivity contribution in [1.29, 1.82) is 0 Å². The van der Waals surface area contributed by atoms with Crippen molar-refractivity contribution in [2.24, 2.45) is 0 Å². The molecule has 2 aromatic rings. The molecule has 0 amide bonds. The van der Waals surface area contributed by atoms with Crippen LogP contribution >= 0.6 is 0 Å². The second-order valence-corrected chi connectivity index (χ2v) is 5.44. The highest BCUT2D eigenvalue weighted by molar-refractivity contribution is 5.56. The third-order valence-corrected chi connectivity index (χ3v) is 3.72. The maximum absolute atomic E-state index is 11.1. The summed E-state index contributed by atoms with van der Waals surface area (Å²) in [7, 11) is 0. The molecule has 7 heteroatoms. The number of rotatable bonds is 5. The average Bonchev–Trinajstić information content (AvgIpc) is 3.15. The Labute approximate surface area is 122 Å². The SMILES string of the molecule is Cc1ccc([N+](=O)[O-])c(C)c1-n1cc(CNC2CC2)nn1. The van der Waals surface area contributed by atoms with Crippen LogP contribution in [0, 0.1) is 24.0 Å². The topological polar surface area (TPSA) is 85.9 Å². The lowest BCUT2D eigenvalue weighted by atomic mass is 10.1. The van der Waals surface area contributed by atoms with Gasteiger partial charge in [0.25, 0.3) is 5.69 Å². The molecule has 1 aliphatic carbocycles. The molecule has 1 N–H and O–H groups in total. The molecule has 0 saturated heterocycles. The summed E-state index contributed by atoms with van der Waals surface area (Å²) < 4.78 is 1.63. The van der Waals surface area contributed by atoms with E-state index in [9.17, 15) is 10.1 Å². The third-order valence-electron chi connectivity index (χ3n) is 3.72. The first-order valence-corrected chi connectivity index (χ1v) is 6.96. The summed E-state index contributed by atoms with van der Waals surface area (Å²) in [5.74, 6) is 0. The normalized spacial score (nSPS) is 14.4. The summed E-state index contributed by atoms with van der Waals surface area (Å²) in [5, 5.41) is 22.7. The Morgan fingerprint density at radius 1 is 1.43 bits per heavy atom. The minimum Gasteiger partial charge on any atom is -0.308 e. The van der Waals surface area contributed by atoms with Gasteiger partial charge in [0.15, 0.2) is 0 Å². The number of benzene rings is 1. The van der Waals surface area contributed by atoms with Crippen molar-refractivity contribution in [3.63, 3.8) is 0 Å². The Morgan fingerprint density at radius 3 is 2.86 bits per heavy atom. The van der Waals surface area contributed by atoms with Crippen LogP contribution in [0.5, 0.6) is 0 Å². The van der Waals surface area contributed by atoms with E-state index in [0.717, 1.165) is 16.9 Å². The van der Waals surface area contributed by atoms with Gasteiger partial charge < -0.3 is 5.32 Å². The molecule has 3 rings (SSSR count). The zero-order valence-electron chi connectivity index (χ0n) is 12.0.